The van der Waals surface area contributed by atoms with Gasteiger partial charge in [0, 0.05) is 36.7 Å². The Kier molecular flexibility index (Phi) is 12.8. The molecule has 1 aromatic rings. The van der Waals surface area contributed by atoms with Gasteiger partial charge in [0.05, 0.1) is 11.0 Å². The summed E-state index contributed by atoms with van der Waals surface area (Å²) in [5.41, 5.74) is 2.81. The number of aryl methyl sites for hydroxylation is 1. The van der Waals surface area contributed by atoms with Crippen LogP contribution in [-0.4, -0.2) is 63.9 Å². The van der Waals surface area contributed by atoms with Crippen LogP contribution in [0.1, 0.15) is 44.1 Å². The van der Waals surface area contributed by atoms with E-state index >= 15 is 0 Å². The fourth-order valence-electron chi connectivity index (χ4n) is 3.16. The van der Waals surface area contributed by atoms with Crippen molar-refractivity contribution in [2.75, 3.05) is 33.4 Å². The van der Waals surface area contributed by atoms with Gasteiger partial charge in [-0.3, -0.25) is 14.8 Å². The molecule has 0 bridgehead atoms. The first-order chi connectivity index (χ1) is 14.2. The number of hydroxylamine groups is 1. The van der Waals surface area contributed by atoms with Crippen LogP contribution in [0.3, 0.4) is 0 Å². The van der Waals surface area contributed by atoms with Gasteiger partial charge in [-0.2, -0.15) is 0 Å². The highest BCUT2D eigenvalue weighted by Gasteiger charge is 2.27. The number of carbonyl (C=O) groups is 2. The van der Waals surface area contributed by atoms with Crippen molar-refractivity contribution in [2.45, 2.75) is 44.9 Å². The van der Waals surface area contributed by atoms with Gasteiger partial charge in [-0.05, 0) is 70.3 Å². The second kappa shape index (κ2) is 14.5. The van der Waals surface area contributed by atoms with Gasteiger partial charge in [-0.1, -0.05) is 23.7 Å². The second-order valence-electron chi connectivity index (χ2n) is 7.58. The van der Waals surface area contributed by atoms with Gasteiger partial charge in [-0.15, -0.1) is 0 Å². The molecule has 0 aromatic heterocycles. The van der Waals surface area contributed by atoms with Crippen LogP contribution in [0.2, 0.25) is 5.02 Å². The van der Waals surface area contributed by atoms with Crippen molar-refractivity contribution in [2.24, 2.45) is 5.92 Å². The zero-order valence-electron chi connectivity index (χ0n) is 18.1. The predicted molar refractivity (Wildman–Crippen MR) is 121 cm³/mol. The predicted octanol–water partition coefficient (Wildman–Crippen LogP) is 3.03. The average Bonchev–Trinajstić information content (AvgIpc) is 2.74. The maximum Gasteiger partial charge on any atom is 0.244 e. The van der Waals surface area contributed by atoms with Gasteiger partial charge in [0.15, 0.2) is 0 Å². The quantitative estimate of drug-likeness (QED) is 0.462. The lowest BCUT2D eigenvalue weighted by Crippen LogP contribution is -2.41. The minimum atomic E-state index is -0.784. The summed E-state index contributed by atoms with van der Waals surface area (Å²) in [6.45, 7) is 1.54. The number of amides is 2. The van der Waals surface area contributed by atoms with Crippen molar-refractivity contribution in [1.29, 1.82) is 0 Å². The smallest absolute Gasteiger partial charge is 0.244 e. The summed E-state index contributed by atoms with van der Waals surface area (Å²) in [5, 5.41) is 9.47. The molecular weight excluding hydrogens is 426 g/mol. The maximum absolute atomic E-state index is 12.7. The summed E-state index contributed by atoms with van der Waals surface area (Å²) in [5.74, 6) is -0.839. The lowest BCUT2D eigenvalue weighted by molar-refractivity contribution is -0.141. The molecule has 1 heterocycles. The Morgan fingerprint density at radius 3 is 2.27 bits per heavy atom. The van der Waals surface area contributed by atoms with Gasteiger partial charge in [0.25, 0.3) is 0 Å². The summed E-state index contributed by atoms with van der Waals surface area (Å²) >= 11 is 5.88. The number of likely N-dealkylation sites (tertiary alicyclic amines) is 1. The number of nitrogens with zero attached hydrogens (tertiary/aromatic N) is 2. The molecule has 0 spiro atoms. The largest absolute Gasteiger partial charge is 0.342 e. The topological polar surface area (TPSA) is 90.0 Å². The Morgan fingerprint density at radius 1 is 1.20 bits per heavy atom. The average molecular weight is 460 g/mol. The summed E-state index contributed by atoms with van der Waals surface area (Å²) in [6.07, 6.45) is 7.15. The normalized spacial score (nSPS) is 15.7. The molecule has 9 heteroatoms. The number of rotatable bonds is 8. The molecule has 170 valence electrons. The van der Waals surface area contributed by atoms with Crippen molar-refractivity contribution >= 4 is 34.4 Å². The van der Waals surface area contributed by atoms with Crippen LogP contribution >= 0.6 is 11.6 Å². The first kappa shape index (κ1) is 26.6. The Balaban J connectivity index is 0.000000656. The van der Waals surface area contributed by atoms with E-state index in [0.717, 1.165) is 50.8 Å². The summed E-state index contributed by atoms with van der Waals surface area (Å²) in [4.78, 5) is 26.1. The molecular formula is C21H34ClN3O4S. The van der Waals surface area contributed by atoms with E-state index in [1.165, 1.54) is 0 Å². The van der Waals surface area contributed by atoms with Crippen molar-refractivity contribution in [3.8, 4) is 0 Å². The third-order valence-corrected chi connectivity index (χ3v) is 6.30. The third-order valence-electron chi connectivity index (χ3n) is 5.02. The zero-order chi connectivity index (χ0) is 22.5. The fraction of sp³-hybridized carbons (Fsp3) is 0.619. The number of piperidine rings is 1. The Labute approximate surface area is 187 Å². The van der Waals surface area contributed by atoms with E-state index in [1.807, 2.05) is 29.2 Å². The number of nitrogens with one attached hydrogen (secondary N) is 1. The summed E-state index contributed by atoms with van der Waals surface area (Å²) in [6, 6.07) is 7.66. The molecule has 1 fully saturated rings. The Morgan fingerprint density at radius 2 is 1.77 bits per heavy atom. The SMILES string of the molecule is CN(C)S(C)=O.O=C(C[C@@H](CCCc1ccc(Cl)cc1)C(=O)N1CCCCC1)NO. The van der Waals surface area contributed by atoms with Crippen LogP contribution in [0.5, 0.6) is 0 Å². The van der Waals surface area contributed by atoms with Gasteiger partial charge in [0.2, 0.25) is 11.8 Å². The molecule has 2 amide bonds. The first-order valence-electron chi connectivity index (χ1n) is 10.2. The minimum Gasteiger partial charge on any atom is -0.342 e. The van der Waals surface area contributed by atoms with Crippen LogP contribution in [0.15, 0.2) is 24.3 Å². The molecule has 1 aromatic carbocycles. The second-order valence-corrected chi connectivity index (χ2v) is 9.59. The monoisotopic (exact) mass is 459 g/mol. The molecule has 0 aliphatic carbocycles. The highest BCUT2D eigenvalue weighted by atomic mass is 35.5. The standard InChI is InChI=1S/C18H25ClN2O3.C3H9NOS/c19-16-9-7-14(8-10-16)5-4-6-15(13-17(22)20-24)18(23)21-11-2-1-3-12-21;1-4(2)6(3)5/h7-10,15,24H,1-6,11-13H2,(H,20,22);1-3H3/t15-;/m1./s1. The van der Waals surface area contributed by atoms with Crippen LogP contribution < -0.4 is 5.48 Å². The van der Waals surface area contributed by atoms with E-state index < -0.39 is 16.9 Å². The number of hydrogen-bond donors (Lipinski definition) is 2. The number of carbonyl (C=O) groups excluding carboxylic acids is 2. The molecule has 1 aliphatic rings. The maximum atomic E-state index is 12.7. The van der Waals surface area contributed by atoms with E-state index in [1.54, 1.807) is 30.1 Å². The Bertz CT molecular complexity index is 679. The molecule has 0 saturated carbocycles. The third kappa shape index (κ3) is 10.5. The van der Waals surface area contributed by atoms with Gasteiger partial charge in [0.1, 0.15) is 0 Å². The zero-order valence-corrected chi connectivity index (χ0v) is 19.7. The van der Waals surface area contributed by atoms with E-state index in [-0.39, 0.29) is 18.2 Å². The highest BCUT2D eigenvalue weighted by Crippen LogP contribution is 2.20. The summed E-state index contributed by atoms with van der Waals surface area (Å²) < 4.78 is 11.8. The minimum absolute atomic E-state index is 0.0342. The van der Waals surface area contributed by atoms with Gasteiger partial charge >= 0.3 is 0 Å². The van der Waals surface area contributed by atoms with Gasteiger partial charge in [-0.25, -0.2) is 14.0 Å². The number of halogens is 1. The summed E-state index contributed by atoms with van der Waals surface area (Å²) in [7, 11) is 2.76. The number of hydrogen-bond acceptors (Lipinski definition) is 4. The van der Waals surface area contributed by atoms with Crippen LogP contribution in [-0.2, 0) is 27.0 Å². The highest BCUT2D eigenvalue weighted by molar-refractivity contribution is 7.81. The van der Waals surface area contributed by atoms with Crippen LogP contribution in [0.4, 0.5) is 0 Å². The first-order valence-corrected chi connectivity index (χ1v) is 12.1. The van der Waals surface area contributed by atoms with Gasteiger partial charge < -0.3 is 4.90 Å². The van der Waals surface area contributed by atoms with Crippen LogP contribution in [0, 0.1) is 5.92 Å². The van der Waals surface area contributed by atoms with Crippen molar-refractivity contribution < 1.29 is 19.0 Å². The molecule has 2 rings (SSSR count). The molecule has 1 unspecified atom stereocenters. The lowest BCUT2D eigenvalue weighted by atomic mass is 9.94. The fourth-order valence-corrected chi connectivity index (χ4v) is 3.28. The van der Waals surface area contributed by atoms with Crippen molar-refractivity contribution in [3.05, 3.63) is 34.9 Å². The lowest BCUT2D eigenvalue weighted by Gasteiger charge is -2.30. The molecule has 1 aliphatic heterocycles. The van der Waals surface area contributed by atoms with Crippen LogP contribution in [0.25, 0.3) is 0 Å². The molecule has 30 heavy (non-hydrogen) atoms. The molecule has 0 radical (unpaired) electrons. The van der Waals surface area contributed by atoms with Crippen molar-refractivity contribution in [1.82, 2.24) is 14.7 Å². The molecule has 7 nitrogen and oxygen atoms in total. The van der Waals surface area contributed by atoms with E-state index in [0.29, 0.717) is 11.4 Å². The van der Waals surface area contributed by atoms with E-state index in [9.17, 15) is 13.8 Å². The van der Waals surface area contributed by atoms with E-state index in [4.69, 9.17) is 16.8 Å². The van der Waals surface area contributed by atoms with Crippen molar-refractivity contribution in [3.63, 3.8) is 0 Å². The molecule has 2 atom stereocenters. The number of benzene rings is 1. The molecule has 2 N–H and O–H groups in total. The van der Waals surface area contributed by atoms with E-state index in [2.05, 4.69) is 0 Å². The molecule has 1 saturated heterocycles. The Hall–Kier alpha value is -1.48.